The molecule has 0 aliphatic carbocycles. The zero-order chi connectivity index (χ0) is 25.0. The van der Waals surface area contributed by atoms with Gasteiger partial charge in [0.1, 0.15) is 11.6 Å². The molecule has 1 unspecified atom stereocenters. The van der Waals surface area contributed by atoms with Crippen LogP contribution in [0.4, 0.5) is 0 Å². The van der Waals surface area contributed by atoms with Crippen LogP contribution in [0.5, 0.6) is 0 Å². The third-order valence-corrected chi connectivity index (χ3v) is 7.91. The maximum Gasteiger partial charge on any atom is 0.249 e. The molecule has 0 aromatic heterocycles. The van der Waals surface area contributed by atoms with Crippen LogP contribution in [0.15, 0.2) is 24.3 Å². The monoisotopic (exact) mass is 487 g/mol. The van der Waals surface area contributed by atoms with Gasteiger partial charge in [0, 0.05) is 39.3 Å². The Labute approximate surface area is 208 Å². The van der Waals surface area contributed by atoms with Crippen LogP contribution in [-0.2, 0) is 19.1 Å². The molecule has 35 heavy (non-hydrogen) atoms. The summed E-state index contributed by atoms with van der Waals surface area (Å²) in [6, 6.07) is -0.762. The lowest BCUT2D eigenvalue weighted by molar-refractivity contribution is -0.148. The molecule has 4 aliphatic heterocycles. The lowest BCUT2D eigenvalue weighted by atomic mass is 9.77. The van der Waals surface area contributed by atoms with Gasteiger partial charge in [-0.05, 0) is 32.1 Å². The van der Waals surface area contributed by atoms with Gasteiger partial charge in [0.15, 0.2) is 0 Å². The summed E-state index contributed by atoms with van der Waals surface area (Å²) in [6.07, 6.45) is 13.3. The standard InChI is InChI=1S/C27H41N3O5/c1-3-5-7-15-29-17-11-13-27-22(21-20(35-27)12-10-16-28(14-4-2)24(21)32)25(33)30(23(27)26(29)34)18-8-6-9-19-31/h10-13,20-23,31H,3-9,14-19H2,1-2H3/t20-,21+,22+,23?,27+/m1/s1. The van der Waals surface area contributed by atoms with Gasteiger partial charge >= 0.3 is 0 Å². The SMILES string of the molecule is CCCCCN1CC=C[C@]23O[C@@H]4C=CCN(CCC)C(=O)[C@@H]4[C@H]2C(=O)N(CCCCCO)C3C1=O. The number of likely N-dealkylation sites (tertiary alicyclic amines) is 1. The number of ether oxygens (including phenoxy) is 1. The van der Waals surface area contributed by atoms with Gasteiger partial charge in [0.05, 0.1) is 17.9 Å². The van der Waals surface area contributed by atoms with Crippen LogP contribution in [0.1, 0.15) is 58.8 Å². The number of hydrogen-bond donors (Lipinski definition) is 1. The van der Waals surface area contributed by atoms with Crippen LogP contribution in [0, 0.1) is 11.8 Å². The normalized spacial score (nSPS) is 32.1. The largest absolute Gasteiger partial charge is 0.396 e. The summed E-state index contributed by atoms with van der Waals surface area (Å²) >= 11 is 0. The number of fused-ring (bicyclic) bond motifs is 2. The van der Waals surface area contributed by atoms with Crippen LogP contribution < -0.4 is 0 Å². The summed E-state index contributed by atoms with van der Waals surface area (Å²) in [7, 11) is 0. The highest BCUT2D eigenvalue weighted by Gasteiger charge is 2.71. The van der Waals surface area contributed by atoms with Crippen LogP contribution >= 0.6 is 0 Å². The first-order valence-corrected chi connectivity index (χ1v) is 13.5. The molecule has 2 saturated heterocycles. The molecule has 4 rings (SSSR count). The lowest BCUT2D eigenvalue weighted by Gasteiger charge is -2.35. The fourth-order valence-corrected chi connectivity index (χ4v) is 6.27. The number of aliphatic hydroxyl groups excluding tert-OH is 1. The lowest BCUT2D eigenvalue weighted by Crippen LogP contribution is -2.55. The Bertz CT molecular complexity index is 858. The second-order valence-corrected chi connectivity index (χ2v) is 10.3. The molecule has 1 spiro atoms. The van der Waals surface area contributed by atoms with Gasteiger partial charge in [0.25, 0.3) is 0 Å². The van der Waals surface area contributed by atoms with Gasteiger partial charge in [-0.1, -0.05) is 51.0 Å². The molecule has 3 amide bonds. The van der Waals surface area contributed by atoms with Crippen molar-refractivity contribution in [3.05, 3.63) is 24.3 Å². The quantitative estimate of drug-likeness (QED) is 0.356. The fraction of sp³-hybridized carbons (Fsp3) is 0.741. The predicted molar refractivity (Wildman–Crippen MR) is 132 cm³/mol. The molecule has 1 N–H and O–H groups in total. The molecule has 0 radical (unpaired) electrons. The summed E-state index contributed by atoms with van der Waals surface area (Å²) in [5.41, 5.74) is -1.13. The Morgan fingerprint density at radius 1 is 0.886 bits per heavy atom. The van der Waals surface area contributed by atoms with E-state index in [9.17, 15) is 19.5 Å². The Morgan fingerprint density at radius 2 is 1.63 bits per heavy atom. The van der Waals surface area contributed by atoms with E-state index >= 15 is 0 Å². The van der Waals surface area contributed by atoms with Crippen molar-refractivity contribution in [2.24, 2.45) is 11.8 Å². The highest BCUT2D eigenvalue weighted by atomic mass is 16.5. The highest BCUT2D eigenvalue weighted by Crippen LogP contribution is 2.53. The third-order valence-electron chi connectivity index (χ3n) is 7.91. The topological polar surface area (TPSA) is 90.4 Å². The summed E-state index contributed by atoms with van der Waals surface area (Å²) in [5, 5.41) is 9.18. The van der Waals surface area contributed by atoms with Crippen molar-refractivity contribution in [3.8, 4) is 0 Å². The maximum atomic E-state index is 14.0. The van der Waals surface area contributed by atoms with Crippen molar-refractivity contribution in [2.75, 3.05) is 39.3 Å². The Hall–Kier alpha value is -2.19. The minimum absolute atomic E-state index is 0.0529. The Balaban J connectivity index is 1.69. The second kappa shape index (κ2) is 11.2. The first-order chi connectivity index (χ1) is 17.0. The molecule has 194 valence electrons. The van der Waals surface area contributed by atoms with Gasteiger partial charge in [-0.15, -0.1) is 0 Å². The number of carbonyl (C=O) groups excluding carboxylic acids is 3. The molecule has 0 aromatic rings. The molecular weight excluding hydrogens is 446 g/mol. The molecule has 8 heteroatoms. The number of amides is 3. The Kier molecular flexibility index (Phi) is 8.32. The molecular formula is C27H41N3O5. The molecule has 0 saturated carbocycles. The van der Waals surface area contributed by atoms with Crippen LogP contribution in [0.25, 0.3) is 0 Å². The number of rotatable bonds is 11. The maximum absolute atomic E-state index is 14.0. The van der Waals surface area contributed by atoms with Crippen LogP contribution in [0.3, 0.4) is 0 Å². The van der Waals surface area contributed by atoms with E-state index in [1.54, 1.807) is 4.90 Å². The molecule has 4 heterocycles. The van der Waals surface area contributed by atoms with E-state index in [2.05, 4.69) is 6.92 Å². The van der Waals surface area contributed by atoms with Crippen LogP contribution in [-0.4, -0.2) is 94.6 Å². The average Bonchev–Trinajstić information content (AvgIpc) is 3.16. The number of carbonyl (C=O) groups is 3. The number of aliphatic hydroxyl groups is 1. The van der Waals surface area contributed by atoms with Crippen molar-refractivity contribution in [1.29, 1.82) is 0 Å². The second-order valence-electron chi connectivity index (χ2n) is 10.3. The van der Waals surface area contributed by atoms with Crippen LogP contribution in [0.2, 0.25) is 0 Å². The molecule has 2 fully saturated rings. The first-order valence-electron chi connectivity index (χ1n) is 13.5. The number of nitrogens with zero attached hydrogens (tertiary/aromatic N) is 3. The first kappa shape index (κ1) is 25.9. The number of unbranched alkanes of at least 4 members (excludes halogenated alkanes) is 4. The predicted octanol–water partition coefficient (Wildman–Crippen LogP) is 2.13. The zero-order valence-electron chi connectivity index (χ0n) is 21.2. The summed E-state index contributed by atoms with van der Waals surface area (Å²) in [6.45, 7) is 7.00. The van der Waals surface area contributed by atoms with Crippen molar-refractivity contribution in [3.63, 3.8) is 0 Å². The van der Waals surface area contributed by atoms with Crippen molar-refractivity contribution in [2.45, 2.75) is 76.5 Å². The van der Waals surface area contributed by atoms with E-state index in [-0.39, 0.29) is 24.3 Å². The highest BCUT2D eigenvalue weighted by molar-refractivity contribution is 5.99. The van der Waals surface area contributed by atoms with E-state index in [4.69, 9.17) is 4.74 Å². The fourth-order valence-electron chi connectivity index (χ4n) is 6.27. The van der Waals surface area contributed by atoms with Gasteiger partial charge in [-0.25, -0.2) is 0 Å². The Morgan fingerprint density at radius 3 is 2.37 bits per heavy atom. The minimum Gasteiger partial charge on any atom is -0.396 e. The van der Waals surface area contributed by atoms with E-state index in [0.717, 1.165) is 32.1 Å². The van der Waals surface area contributed by atoms with Gasteiger partial charge in [-0.3, -0.25) is 14.4 Å². The summed E-state index contributed by atoms with van der Waals surface area (Å²) in [4.78, 5) is 47.0. The van der Waals surface area contributed by atoms with Gasteiger partial charge < -0.3 is 24.5 Å². The van der Waals surface area contributed by atoms with E-state index in [1.165, 1.54) is 0 Å². The summed E-state index contributed by atoms with van der Waals surface area (Å²) < 4.78 is 6.64. The van der Waals surface area contributed by atoms with Crippen molar-refractivity contribution >= 4 is 17.7 Å². The smallest absolute Gasteiger partial charge is 0.249 e. The van der Waals surface area contributed by atoms with E-state index in [0.29, 0.717) is 45.6 Å². The molecule has 4 aliphatic rings. The van der Waals surface area contributed by atoms with E-state index < -0.39 is 29.6 Å². The average molecular weight is 488 g/mol. The summed E-state index contributed by atoms with van der Waals surface area (Å²) in [5.74, 6) is -1.62. The molecule has 0 aromatic carbocycles. The molecule has 5 atom stereocenters. The van der Waals surface area contributed by atoms with Crippen molar-refractivity contribution < 1.29 is 24.2 Å². The molecule has 0 bridgehead atoms. The number of hydrogen-bond acceptors (Lipinski definition) is 5. The zero-order valence-corrected chi connectivity index (χ0v) is 21.2. The van der Waals surface area contributed by atoms with Crippen molar-refractivity contribution in [1.82, 2.24) is 14.7 Å². The van der Waals surface area contributed by atoms with Gasteiger partial charge in [-0.2, -0.15) is 0 Å². The third kappa shape index (κ3) is 4.67. The minimum atomic E-state index is -1.13. The van der Waals surface area contributed by atoms with E-state index in [1.807, 2.05) is 41.0 Å². The van der Waals surface area contributed by atoms with Gasteiger partial charge in [0.2, 0.25) is 17.7 Å². The molecule has 8 nitrogen and oxygen atoms in total.